The van der Waals surface area contributed by atoms with Crippen LogP contribution in [-0.4, -0.2) is 28.7 Å². The van der Waals surface area contributed by atoms with E-state index in [9.17, 15) is 10.0 Å². The zero-order valence-electron chi connectivity index (χ0n) is 11.4. The van der Waals surface area contributed by atoms with E-state index in [2.05, 4.69) is 15.4 Å². The highest BCUT2D eigenvalue weighted by Gasteiger charge is 2.10. The molecule has 2 aromatic rings. The zero-order valence-corrected chi connectivity index (χ0v) is 11.4. The summed E-state index contributed by atoms with van der Waals surface area (Å²) in [4.78, 5) is 16.1. The van der Waals surface area contributed by atoms with Crippen molar-refractivity contribution in [1.29, 1.82) is 0 Å². The molecule has 0 bridgehead atoms. The summed E-state index contributed by atoms with van der Waals surface area (Å²) in [6, 6.07) is 6.91. The highest BCUT2D eigenvalue weighted by Crippen LogP contribution is 2.07. The molecule has 1 aromatic heterocycles. The van der Waals surface area contributed by atoms with E-state index in [1.54, 1.807) is 38.1 Å². The van der Waals surface area contributed by atoms with Gasteiger partial charge in [0.2, 0.25) is 0 Å². The maximum atomic E-state index is 11.7. The molecule has 20 heavy (non-hydrogen) atoms. The molecule has 0 fully saturated rings. The van der Waals surface area contributed by atoms with Gasteiger partial charge >= 0.3 is 5.97 Å². The molecule has 0 aliphatic heterocycles. The predicted octanol–water partition coefficient (Wildman–Crippen LogP) is 1.02. The first-order valence-electron chi connectivity index (χ1n) is 6.36. The number of benzene rings is 1. The Balaban J connectivity index is 1.98. The van der Waals surface area contributed by atoms with Crippen molar-refractivity contribution in [2.24, 2.45) is 0 Å². The number of rotatable bonds is 5. The van der Waals surface area contributed by atoms with Crippen molar-refractivity contribution in [3.05, 3.63) is 29.5 Å². The average molecular weight is 276 g/mol. The molecule has 7 heteroatoms. The normalized spacial score (nSPS) is 10.8. The summed E-state index contributed by atoms with van der Waals surface area (Å²) in [7, 11) is 0. The molecule has 0 amide bonds. The Hall–Kier alpha value is -2.44. The maximum Gasteiger partial charge on any atom is 0.307 e. The SMILES string of the molecule is CC(C)OC(=O)CCNc1nc2ccccc2[n+]([O-])n1. The highest BCUT2D eigenvalue weighted by molar-refractivity contribution is 5.71. The third-order valence-corrected chi connectivity index (χ3v) is 2.48. The first-order chi connectivity index (χ1) is 9.56. The van der Waals surface area contributed by atoms with Gasteiger partial charge in [-0.25, -0.2) is 4.98 Å². The lowest BCUT2D eigenvalue weighted by atomic mass is 10.3. The minimum absolute atomic E-state index is 0.136. The standard InChI is InChI=1S/C13H16N4O3/c1-9(2)20-12(18)7-8-14-13-15-10-5-3-4-6-11(10)17(19)16-13/h3-6,9H,7-8H2,1-2H3,(H,14,15,16). The van der Waals surface area contributed by atoms with E-state index in [-0.39, 0.29) is 24.4 Å². The lowest BCUT2D eigenvalue weighted by Crippen LogP contribution is -2.33. The Morgan fingerprint density at radius 3 is 2.95 bits per heavy atom. The van der Waals surface area contributed by atoms with Crippen molar-refractivity contribution in [2.45, 2.75) is 26.4 Å². The largest absolute Gasteiger partial charge is 0.594 e. The van der Waals surface area contributed by atoms with Crippen LogP contribution >= 0.6 is 0 Å². The number of nitrogens with zero attached hydrogens (tertiary/aromatic N) is 3. The van der Waals surface area contributed by atoms with E-state index in [1.165, 1.54) is 0 Å². The van der Waals surface area contributed by atoms with Crippen LogP contribution < -0.4 is 10.2 Å². The van der Waals surface area contributed by atoms with Crippen LogP contribution in [0.25, 0.3) is 11.0 Å². The molecule has 0 aliphatic rings. The minimum Gasteiger partial charge on any atom is -0.594 e. The van der Waals surface area contributed by atoms with Crippen molar-refractivity contribution < 1.29 is 14.4 Å². The molecule has 106 valence electrons. The summed E-state index contributed by atoms with van der Waals surface area (Å²) in [5.41, 5.74) is 0.946. The number of ether oxygens (including phenoxy) is 1. The van der Waals surface area contributed by atoms with Gasteiger partial charge in [0.15, 0.2) is 0 Å². The quantitative estimate of drug-likeness (QED) is 0.498. The van der Waals surface area contributed by atoms with E-state index in [0.29, 0.717) is 22.4 Å². The molecule has 1 aromatic carbocycles. The number of nitrogens with one attached hydrogen (secondary N) is 1. The van der Waals surface area contributed by atoms with Gasteiger partial charge in [-0.1, -0.05) is 12.1 Å². The molecule has 0 atom stereocenters. The van der Waals surface area contributed by atoms with Crippen LogP contribution in [-0.2, 0) is 9.53 Å². The van der Waals surface area contributed by atoms with Gasteiger partial charge < -0.3 is 15.3 Å². The Morgan fingerprint density at radius 2 is 2.20 bits per heavy atom. The van der Waals surface area contributed by atoms with Crippen LogP contribution in [0.15, 0.2) is 24.3 Å². The Kier molecular flexibility index (Phi) is 4.29. The lowest BCUT2D eigenvalue weighted by molar-refractivity contribution is -0.641. The van der Waals surface area contributed by atoms with Gasteiger partial charge in [0.05, 0.1) is 17.6 Å². The van der Waals surface area contributed by atoms with Crippen molar-refractivity contribution in [3.8, 4) is 0 Å². The summed E-state index contributed by atoms with van der Waals surface area (Å²) in [6.07, 6.45) is 0.0518. The first-order valence-corrected chi connectivity index (χ1v) is 6.36. The van der Waals surface area contributed by atoms with Crippen molar-refractivity contribution in [2.75, 3.05) is 11.9 Å². The van der Waals surface area contributed by atoms with Gasteiger partial charge in [-0.2, -0.15) is 0 Å². The third-order valence-electron chi connectivity index (χ3n) is 2.48. The molecule has 2 rings (SSSR count). The van der Waals surface area contributed by atoms with Crippen molar-refractivity contribution in [1.82, 2.24) is 10.1 Å². The van der Waals surface area contributed by atoms with Crippen molar-refractivity contribution >= 4 is 23.0 Å². The van der Waals surface area contributed by atoms with Gasteiger partial charge in [-0.05, 0) is 24.8 Å². The van der Waals surface area contributed by atoms with E-state index >= 15 is 0 Å². The summed E-state index contributed by atoms with van der Waals surface area (Å²) in [5.74, 6) is -0.112. The van der Waals surface area contributed by atoms with E-state index in [4.69, 9.17) is 4.74 Å². The number of esters is 1. The van der Waals surface area contributed by atoms with Crippen LogP contribution in [0.2, 0.25) is 0 Å². The Bertz CT molecular complexity index is 616. The highest BCUT2D eigenvalue weighted by atomic mass is 16.5. The maximum absolute atomic E-state index is 11.7. The monoisotopic (exact) mass is 276 g/mol. The summed E-state index contributed by atoms with van der Waals surface area (Å²) in [5, 5.41) is 18.3. The number of fused-ring (bicyclic) bond motifs is 1. The number of hydrogen-bond acceptors (Lipinski definition) is 6. The van der Waals surface area contributed by atoms with Crippen LogP contribution in [0.1, 0.15) is 20.3 Å². The minimum atomic E-state index is -0.303. The average Bonchev–Trinajstić information content (AvgIpc) is 2.38. The molecule has 0 saturated carbocycles. The van der Waals surface area contributed by atoms with Crippen LogP contribution in [0, 0.1) is 5.21 Å². The topological polar surface area (TPSA) is 91.0 Å². The fraction of sp³-hybridized carbons (Fsp3) is 0.385. The fourth-order valence-corrected chi connectivity index (χ4v) is 1.67. The molecule has 0 saturated heterocycles. The smallest absolute Gasteiger partial charge is 0.307 e. The van der Waals surface area contributed by atoms with Gasteiger partial charge in [0, 0.05) is 12.6 Å². The number of carbonyl (C=O) groups excluding carboxylic acids is 1. The molecule has 0 aliphatic carbocycles. The van der Waals surface area contributed by atoms with E-state index in [1.807, 2.05) is 0 Å². The van der Waals surface area contributed by atoms with Crippen LogP contribution in [0.5, 0.6) is 0 Å². The van der Waals surface area contributed by atoms with E-state index in [0.717, 1.165) is 0 Å². The molecular formula is C13H16N4O3. The number of aromatic nitrogens is 3. The second kappa shape index (κ2) is 6.14. The molecule has 0 unspecified atom stereocenters. The Labute approximate surface area is 116 Å². The summed E-state index contributed by atoms with van der Waals surface area (Å²) >= 11 is 0. The Morgan fingerprint density at radius 1 is 1.45 bits per heavy atom. The van der Waals surface area contributed by atoms with Crippen molar-refractivity contribution in [3.63, 3.8) is 0 Å². The molecule has 1 N–H and O–H groups in total. The second-order valence-electron chi connectivity index (χ2n) is 4.51. The van der Waals surface area contributed by atoms with Crippen LogP contribution in [0.4, 0.5) is 5.95 Å². The zero-order chi connectivity index (χ0) is 14.5. The molecule has 1 heterocycles. The van der Waals surface area contributed by atoms with Gasteiger partial charge in [0.25, 0.3) is 11.5 Å². The number of para-hydroxylation sites is 2. The fourth-order valence-electron chi connectivity index (χ4n) is 1.67. The predicted molar refractivity (Wildman–Crippen MR) is 72.8 cm³/mol. The molecular weight excluding hydrogens is 260 g/mol. The second-order valence-corrected chi connectivity index (χ2v) is 4.51. The number of anilines is 1. The first kappa shape index (κ1) is 14.0. The van der Waals surface area contributed by atoms with E-state index < -0.39 is 0 Å². The third kappa shape index (κ3) is 3.53. The number of hydrogen-bond donors (Lipinski definition) is 1. The molecule has 0 radical (unpaired) electrons. The van der Waals surface area contributed by atoms with Gasteiger partial charge in [0.1, 0.15) is 5.52 Å². The lowest BCUT2D eigenvalue weighted by Gasteiger charge is -2.08. The van der Waals surface area contributed by atoms with Gasteiger partial charge in [-0.3, -0.25) is 4.79 Å². The molecule has 7 nitrogen and oxygen atoms in total. The van der Waals surface area contributed by atoms with Crippen LogP contribution in [0.3, 0.4) is 0 Å². The summed E-state index contributed by atoms with van der Waals surface area (Å²) in [6.45, 7) is 3.89. The van der Waals surface area contributed by atoms with Gasteiger partial charge in [-0.15, -0.1) is 0 Å². The number of carbonyl (C=O) groups is 1. The summed E-state index contributed by atoms with van der Waals surface area (Å²) < 4.78 is 5.00. The molecule has 0 spiro atoms.